The average Bonchev–Trinajstić information content (AvgIpc) is 2.65. The molecule has 0 nitrogen and oxygen atoms in total. The van der Waals surface area contributed by atoms with Crippen molar-refractivity contribution in [2.75, 3.05) is 0 Å². The maximum absolute atomic E-state index is 3.45. The van der Waals surface area contributed by atoms with Gasteiger partial charge in [0, 0.05) is 11.8 Å². The summed E-state index contributed by atoms with van der Waals surface area (Å²) in [4.78, 5) is 0. The zero-order valence-corrected chi connectivity index (χ0v) is 16.7. The topological polar surface area (TPSA) is 0 Å². The van der Waals surface area contributed by atoms with E-state index in [4.69, 9.17) is 0 Å². The molecule has 0 heterocycles. The fourth-order valence-electron chi connectivity index (χ4n) is 4.51. The van der Waals surface area contributed by atoms with Crippen LogP contribution in [0.5, 0.6) is 0 Å². The van der Waals surface area contributed by atoms with Crippen molar-refractivity contribution in [3.8, 4) is 23.7 Å². The van der Waals surface area contributed by atoms with Gasteiger partial charge in [-0.05, 0) is 75.4 Å². The van der Waals surface area contributed by atoms with Crippen LogP contribution < -0.4 is 0 Å². The number of hydrogen-bond donors (Lipinski definition) is 0. The van der Waals surface area contributed by atoms with Crippen molar-refractivity contribution in [2.24, 2.45) is 23.7 Å². The Morgan fingerprint density at radius 2 is 1.12 bits per heavy atom. The van der Waals surface area contributed by atoms with Crippen molar-refractivity contribution in [3.63, 3.8) is 0 Å². The molecule has 25 heavy (non-hydrogen) atoms. The summed E-state index contributed by atoms with van der Waals surface area (Å²) in [5.74, 6) is 16.6. The second-order valence-electron chi connectivity index (χ2n) is 8.28. The predicted octanol–water partition coefficient (Wildman–Crippen LogP) is 7.15. The van der Waals surface area contributed by atoms with E-state index in [-0.39, 0.29) is 0 Å². The van der Waals surface area contributed by atoms with E-state index in [9.17, 15) is 0 Å². The van der Waals surface area contributed by atoms with E-state index in [2.05, 4.69) is 37.5 Å². The molecule has 0 heteroatoms. The molecule has 0 aliphatic heterocycles. The van der Waals surface area contributed by atoms with Gasteiger partial charge >= 0.3 is 0 Å². The van der Waals surface area contributed by atoms with Gasteiger partial charge in [-0.15, -0.1) is 0 Å². The highest BCUT2D eigenvalue weighted by molar-refractivity contribution is 5.26. The molecule has 2 aliphatic carbocycles. The fourth-order valence-corrected chi connectivity index (χ4v) is 4.51. The lowest BCUT2D eigenvalue weighted by Gasteiger charge is -2.25. The minimum Gasteiger partial charge on any atom is -0.0951 e. The molecule has 0 N–H and O–H groups in total. The zero-order chi connectivity index (χ0) is 17.7. The summed E-state index contributed by atoms with van der Waals surface area (Å²) < 4.78 is 0. The predicted molar refractivity (Wildman–Crippen MR) is 110 cm³/mol. The maximum Gasteiger partial charge on any atom is 0.0206 e. The van der Waals surface area contributed by atoms with Crippen molar-refractivity contribution in [3.05, 3.63) is 12.2 Å². The van der Waals surface area contributed by atoms with E-state index in [1.165, 1.54) is 83.5 Å². The third-order valence-electron chi connectivity index (χ3n) is 6.18. The minimum absolute atomic E-state index is 0.629. The first-order chi connectivity index (χ1) is 12.3. The molecule has 138 valence electrons. The molecule has 0 saturated heterocycles. The van der Waals surface area contributed by atoms with Gasteiger partial charge in [-0.1, -0.05) is 69.6 Å². The highest BCUT2D eigenvalue weighted by Crippen LogP contribution is 2.32. The van der Waals surface area contributed by atoms with Crippen LogP contribution in [-0.4, -0.2) is 0 Å². The van der Waals surface area contributed by atoms with Crippen molar-refractivity contribution < 1.29 is 0 Å². The summed E-state index contributed by atoms with van der Waals surface area (Å²) in [6.07, 6.45) is 21.7. The molecule has 0 atom stereocenters. The molecule has 0 bridgehead atoms. The van der Waals surface area contributed by atoms with Crippen LogP contribution in [0.3, 0.4) is 0 Å². The number of rotatable bonds is 5. The maximum atomic E-state index is 3.45. The van der Waals surface area contributed by atoms with E-state index >= 15 is 0 Å². The summed E-state index contributed by atoms with van der Waals surface area (Å²) in [6, 6.07) is 0. The van der Waals surface area contributed by atoms with Crippen molar-refractivity contribution >= 4 is 0 Å². The van der Waals surface area contributed by atoms with Gasteiger partial charge in [0.25, 0.3) is 0 Å². The van der Waals surface area contributed by atoms with Crippen molar-refractivity contribution in [1.82, 2.24) is 0 Å². The van der Waals surface area contributed by atoms with E-state index in [1.807, 2.05) is 12.2 Å². The first kappa shape index (κ1) is 20.2. The largest absolute Gasteiger partial charge is 0.0951 e. The van der Waals surface area contributed by atoms with Gasteiger partial charge in [0.1, 0.15) is 0 Å². The molecular weight excluding hydrogens is 300 g/mol. The lowest BCUT2D eigenvalue weighted by molar-refractivity contribution is 0.296. The van der Waals surface area contributed by atoms with Crippen LogP contribution >= 0.6 is 0 Å². The van der Waals surface area contributed by atoms with Crippen molar-refractivity contribution in [1.29, 1.82) is 0 Å². The molecule has 0 aromatic rings. The zero-order valence-electron chi connectivity index (χ0n) is 16.7. The van der Waals surface area contributed by atoms with E-state index < -0.39 is 0 Å². The van der Waals surface area contributed by atoms with E-state index in [1.54, 1.807) is 0 Å². The van der Waals surface area contributed by atoms with Crippen molar-refractivity contribution in [2.45, 2.75) is 97.3 Å². The second-order valence-corrected chi connectivity index (χ2v) is 8.28. The Morgan fingerprint density at radius 1 is 0.640 bits per heavy atom. The molecule has 0 spiro atoms. The quantitative estimate of drug-likeness (QED) is 0.467. The SMILES string of the molecule is CCCCC1CCC(C#CC=CC#CC2CCC(CCC)CC2)CC1. The van der Waals surface area contributed by atoms with Crippen LogP contribution in [0.15, 0.2) is 12.2 Å². The highest BCUT2D eigenvalue weighted by Gasteiger charge is 2.19. The Morgan fingerprint density at radius 3 is 1.56 bits per heavy atom. The Bertz CT molecular complexity index is 488. The molecule has 0 aromatic heterocycles. The van der Waals surface area contributed by atoms with Crippen LogP contribution in [0.1, 0.15) is 97.3 Å². The van der Waals surface area contributed by atoms with Crippen LogP contribution in [0.25, 0.3) is 0 Å². The molecule has 2 fully saturated rings. The van der Waals surface area contributed by atoms with Gasteiger partial charge in [-0.25, -0.2) is 0 Å². The van der Waals surface area contributed by atoms with Gasteiger partial charge in [0.05, 0.1) is 0 Å². The Balaban J connectivity index is 1.62. The summed E-state index contributed by atoms with van der Waals surface area (Å²) in [5, 5.41) is 0. The molecule has 0 amide bonds. The standard InChI is InChI=1S/C25H38/c1-3-5-11-23-18-20-25(21-19-23)13-9-7-6-8-12-24-16-14-22(10-4-2)15-17-24/h6-7,22-25H,3-5,10-11,14-21H2,1-2H3. The average molecular weight is 339 g/mol. The number of hydrogen-bond acceptors (Lipinski definition) is 0. The summed E-state index contributed by atoms with van der Waals surface area (Å²) in [5.41, 5.74) is 0. The summed E-state index contributed by atoms with van der Waals surface area (Å²) >= 11 is 0. The molecule has 2 aliphatic rings. The smallest absolute Gasteiger partial charge is 0.0206 e. The van der Waals surface area contributed by atoms with Gasteiger partial charge in [-0.2, -0.15) is 0 Å². The van der Waals surface area contributed by atoms with Crippen LogP contribution in [0, 0.1) is 47.4 Å². The highest BCUT2D eigenvalue weighted by atomic mass is 14.2. The molecule has 0 unspecified atom stereocenters. The molecule has 2 rings (SSSR count). The van der Waals surface area contributed by atoms with Gasteiger partial charge in [0.15, 0.2) is 0 Å². The van der Waals surface area contributed by atoms with Crippen LogP contribution in [0.4, 0.5) is 0 Å². The minimum atomic E-state index is 0.629. The fraction of sp³-hybridized carbons (Fsp3) is 0.760. The lowest BCUT2D eigenvalue weighted by Crippen LogP contribution is -2.13. The third-order valence-corrected chi connectivity index (χ3v) is 6.18. The lowest BCUT2D eigenvalue weighted by atomic mass is 9.80. The number of allylic oxidation sites excluding steroid dienone is 2. The molecular formula is C25H38. The second kappa shape index (κ2) is 12.3. The molecule has 0 aromatic carbocycles. The van der Waals surface area contributed by atoms with Gasteiger partial charge in [0.2, 0.25) is 0 Å². The van der Waals surface area contributed by atoms with E-state index in [0.29, 0.717) is 11.8 Å². The monoisotopic (exact) mass is 338 g/mol. The molecule has 2 saturated carbocycles. The van der Waals surface area contributed by atoms with Gasteiger partial charge < -0.3 is 0 Å². The first-order valence-corrected chi connectivity index (χ1v) is 11.0. The molecule has 0 radical (unpaired) electrons. The Labute approximate surface area is 157 Å². The summed E-state index contributed by atoms with van der Waals surface area (Å²) in [6.45, 7) is 4.60. The first-order valence-electron chi connectivity index (χ1n) is 11.0. The van der Waals surface area contributed by atoms with Gasteiger partial charge in [-0.3, -0.25) is 0 Å². The van der Waals surface area contributed by atoms with E-state index in [0.717, 1.165) is 11.8 Å². The third kappa shape index (κ3) is 8.19. The van der Waals surface area contributed by atoms with Crippen LogP contribution in [-0.2, 0) is 0 Å². The Hall–Kier alpha value is -1.14. The number of unbranched alkanes of at least 4 members (excludes halogenated alkanes) is 1. The van der Waals surface area contributed by atoms with Crippen LogP contribution in [0.2, 0.25) is 0 Å². The normalized spacial score (nSPS) is 29.5. The Kier molecular flexibility index (Phi) is 9.89. The summed E-state index contributed by atoms with van der Waals surface area (Å²) in [7, 11) is 0.